The summed E-state index contributed by atoms with van der Waals surface area (Å²) in [7, 11) is 0. The van der Waals surface area contributed by atoms with Crippen LogP contribution in [0.2, 0.25) is 5.02 Å². The van der Waals surface area contributed by atoms with Gasteiger partial charge in [0.25, 0.3) is 0 Å². The summed E-state index contributed by atoms with van der Waals surface area (Å²) in [4.78, 5) is 0. The average molecular weight is 269 g/mol. The molecule has 0 radical (unpaired) electrons. The Morgan fingerprint density at radius 3 is 2.39 bits per heavy atom. The van der Waals surface area contributed by atoms with Crippen LogP contribution >= 0.6 is 11.6 Å². The first-order valence-corrected chi connectivity index (χ1v) is 5.63. The monoisotopic (exact) mass is 268 g/mol. The molecule has 0 bridgehead atoms. The number of benzene rings is 2. The third-order valence-electron chi connectivity index (χ3n) is 2.59. The van der Waals surface area contributed by atoms with Crippen molar-refractivity contribution in [1.82, 2.24) is 0 Å². The second-order valence-corrected chi connectivity index (χ2v) is 4.30. The summed E-state index contributed by atoms with van der Waals surface area (Å²) in [5.74, 6) is -1.49. The van der Waals surface area contributed by atoms with E-state index in [0.29, 0.717) is 10.7 Å². The molecular weight excluding hydrogens is 258 g/mol. The Kier molecular flexibility index (Phi) is 3.39. The van der Waals surface area contributed by atoms with Gasteiger partial charge in [0.05, 0.1) is 0 Å². The molecule has 2 rings (SSSR count). The van der Waals surface area contributed by atoms with E-state index in [1.807, 2.05) is 0 Å². The van der Waals surface area contributed by atoms with Gasteiger partial charge in [-0.3, -0.25) is 0 Å². The van der Waals surface area contributed by atoms with Crippen LogP contribution in [-0.4, -0.2) is 0 Å². The van der Waals surface area contributed by atoms with Gasteiger partial charge in [-0.25, -0.2) is 8.78 Å². The van der Waals surface area contributed by atoms with E-state index in [9.17, 15) is 8.78 Å². The molecule has 0 amide bonds. The second kappa shape index (κ2) is 4.82. The summed E-state index contributed by atoms with van der Waals surface area (Å²) in [6.45, 7) is 1.76. The minimum absolute atomic E-state index is 0.0402. The van der Waals surface area contributed by atoms with Crippen molar-refractivity contribution in [2.45, 2.75) is 6.92 Å². The van der Waals surface area contributed by atoms with E-state index in [1.165, 1.54) is 0 Å². The maximum Gasteiger partial charge on any atom is 0.151 e. The standard InChI is InChI=1S/C13H11ClF2N2/c1-7-9(14)3-2-4-12(7)18-13-10(15)5-8(17)6-11(13)16/h2-6,18H,17H2,1H3. The summed E-state index contributed by atoms with van der Waals surface area (Å²) in [6.07, 6.45) is 0. The van der Waals surface area contributed by atoms with Gasteiger partial charge in [-0.05, 0) is 36.8 Å². The lowest BCUT2D eigenvalue weighted by molar-refractivity contribution is 0.592. The lowest BCUT2D eigenvalue weighted by atomic mass is 10.2. The lowest BCUT2D eigenvalue weighted by Crippen LogP contribution is -2.01. The van der Waals surface area contributed by atoms with Gasteiger partial charge < -0.3 is 11.1 Å². The molecule has 0 aliphatic carbocycles. The van der Waals surface area contributed by atoms with Crippen LogP contribution < -0.4 is 11.1 Å². The number of hydrogen-bond acceptors (Lipinski definition) is 2. The SMILES string of the molecule is Cc1c(Cl)cccc1Nc1c(F)cc(N)cc1F. The summed E-state index contributed by atoms with van der Waals surface area (Å²) in [6, 6.07) is 7.22. The molecule has 94 valence electrons. The predicted octanol–water partition coefficient (Wildman–Crippen LogP) is 4.25. The third-order valence-corrected chi connectivity index (χ3v) is 3.00. The fraction of sp³-hybridized carbons (Fsp3) is 0.0769. The van der Waals surface area contributed by atoms with Gasteiger partial charge in [-0.1, -0.05) is 17.7 Å². The van der Waals surface area contributed by atoms with Gasteiger partial charge in [0, 0.05) is 16.4 Å². The van der Waals surface area contributed by atoms with Crippen LogP contribution in [0.4, 0.5) is 25.8 Å². The first kappa shape index (κ1) is 12.6. The van der Waals surface area contributed by atoms with Crippen molar-refractivity contribution in [1.29, 1.82) is 0 Å². The highest BCUT2D eigenvalue weighted by molar-refractivity contribution is 6.31. The molecule has 0 saturated carbocycles. The number of nitrogen functional groups attached to an aromatic ring is 1. The zero-order valence-electron chi connectivity index (χ0n) is 9.60. The molecule has 0 fully saturated rings. The minimum atomic E-state index is -0.744. The second-order valence-electron chi connectivity index (χ2n) is 3.90. The maximum absolute atomic E-state index is 13.6. The molecule has 5 heteroatoms. The van der Waals surface area contributed by atoms with E-state index in [4.69, 9.17) is 17.3 Å². The maximum atomic E-state index is 13.6. The molecule has 0 aliphatic heterocycles. The molecule has 18 heavy (non-hydrogen) atoms. The van der Waals surface area contributed by atoms with Crippen LogP contribution in [0, 0.1) is 18.6 Å². The average Bonchev–Trinajstić information content (AvgIpc) is 2.28. The van der Waals surface area contributed by atoms with E-state index in [0.717, 1.165) is 17.7 Å². The molecule has 0 unspecified atom stereocenters. The number of nitrogens with one attached hydrogen (secondary N) is 1. The topological polar surface area (TPSA) is 38.0 Å². The number of hydrogen-bond donors (Lipinski definition) is 2. The van der Waals surface area contributed by atoms with Gasteiger partial charge >= 0.3 is 0 Å². The number of halogens is 3. The van der Waals surface area contributed by atoms with Crippen LogP contribution in [0.15, 0.2) is 30.3 Å². The van der Waals surface area contributed by atoms with Crippen LogP contribution in [0.1, 0.15) is 5.56 Å². The van der Waals surface area contributed by atoms with E-state index < -0.39 is 11.6 Å². The van der Waals surface area contributed by atoms with E-state index in [2.05, 4.69) is 5.32 Å². The normalized spacial score (nSPS) is 10.4. The van der Waals surface area contributed by atoms with Crippen LogP contribution in [0.25, 0.3) is 0 Å². The molecule has 0 aliphatic rings. The van der Waals surface area contributed by atoms with Crippen molar-refractivity contribution in [3.8, 4) is 0 Å². The quantitative estimate of drug-likeness (QED) is 0.799. The van der Waals surface area contributed by atoms with Gasteiger partial charge in [-0.15, -0.1) is 0 Å². The zero-order chi connectivity index (χ0) is 13.3. The van der Waals surface area contributed by atoms with Crippen molar-refractivity contribution >= 4 is 28.7 Å². The Labute approximate surface area is 108 Å². The van der Waals surface area contributed by atoms with E-state index >= 15 is 0 Å². The van der Waals surface area contributed by atoms with Crippen molar-refractivity contribution in [3.05, 3.63) is 52.6 Å². The Bertz CT molecular complexity index is 577. The van der Waals surface area contributed by atoms with Gasteiger partial charge in [0.15, 0.2) is 11.6 Å². The van der Waals surface area contributed by atoms with E-state index in [1.54, 1.807) is 25.1 Å². The minimum Gasteiger partial charge on any atom is -0.399 e. The van der Waals surface area contributed by atoms with Crippen molar-refractivity contribution in [3.63, 3.8) is 0 Å². The summed E-state index contributed by atoms with van der Waals surface area (Å²) < 4.78 is 27.2. The summed E-state index contributed by atoms with van der Waals surface area (Å²) in [5.41, 5.74) is 6.41. The summed E-state index contributed by atoms with van der Waals surface area (Å²) in [5, 5.41) is 3.21. The number of rotatable bonds is 2. The Morgan fingerprint density at radius 2 is 1.78 bits per heavy atom. The van der Waals surface area contributed by atoms with Crippen LogP contribution in [-0.2, 0) is 0 Å². The van der Waals surface area contributed by atoms with E-state index in [-0.39, 0.29) is 11.4 Å². The molecule has 2 aromatic carbocycles. The molecule has 0 spiro atoms. The highest BCUT2D eigenvalue weighted by Crippen LogP contribution is 2.29. The van der Waals surface area contributed by atoms with Gasteiger partial charge in [-0.2, -0.15) is 0 Å². The fourth-order valence-corrected chi connectivity index (χ4v) is 1.76. The lowest BCUT2D eigenvalue weighted by Gasteiger charge is -2.12. The predicted molar refractivity (Wildman–Crippen MR) is 70.2 cm³/mol. The van der Waals surface area contributed by atoms with Gasteiger partial charge in [0.2, 0.25) is 0 Å². The smallest absolute Gasteiger partial charge is 0.151 e. The van der Waals surface area contributed by atoms with Gasteiger partial charge in [0.1, 0.15) is 5.69 Å². The van der Waals surface area contributed by atoms with Crippen molar-refractivity contribution in [2.75, 3.05) is 11.1 Å². The first-order valence-electron chi connectivity index (χ1n) is 5.25. The van der Waals surface area contributed by atoms with Crippen LogP contribution in [0.5, 0.6) is 0 Å². The molecule has 2 aromatic rings. The van der Waals surface area contributed by atoms with Crippen molar-refractivity contribution in [2.24, 2.45) is 0 Å². The zero-order valence-corrected chi connectivity index (χ0v) is 10.4. The number of anilines is 3. The van der Waals surface area contributed by atoms with Crippen molar-refractivity contribution < 1.29 is 8.78 Å². The largest absolute Gasteiger partial charge is 0.399 e. The molecule has 0 saturated heterocycles. The molecule has 0 atom stereocenters. The van der Waals surface area contributed by atoms with Crippen LogP contribution in [0.3, 0.4) is 0 Å². The molecule has 0 heterocycles. The molecule has 2 nitrogen and oxygen atoms in total. The fourth-order valence-electron chi connectivity index (χ4n) is 1.59. The number of nitrogens with two attached hydrogens (primary N) is 1. The molecular formula is C13H11ClF2N2. The Balaban J connectivity index is 2.43. The highest BCUT2D eigenvalue weighted by Gasteiger charge is 2.12. The summed E-state index contributed by atoms with van der Waals surface area (Å²) >= 11 is 5.94. The Morgan fingerprint density at radius 1 is 1.17 bits per heavy atom. The third kappa shape index (κ3) is 2.38. The first-order chi connectivity index (χ1) is 8.49. The Hall–Kier alpha value is -1.81. The molecule has 3 N–H and O–H groups in total. The highest BCUT2D eigenvalue weighted by atomic mass is 35.5. The molecule has 0 aromatic heterocycles.